The summed E-state index contributed by atoms with van der Waals surface area (Å²) in [4.78, 5) is 23.3. The molecule has 7 heteroatoms. The summed E-state index contributed by atoms with van der Waals surface area (Å²) in [5.41, 5.74) is 5.24. The number of amides is 1. The van der Waals surface area contributed by atoms with Crippen molar-refractivity contribution in [1.29, 1.82) is 0 Å². The van der Waals surface area contributed by atoms with E-state index in [1.807, 2.05) is 0 Å². The Morgan fingerprint density at radius 2 is 1.71 bits per heavy atom. The molecule has 12 unspecified atom stereocenters. The van der Waals surface area contributed by atoms with E-state index in [1.54, 1.807) is 0 Å². The van der Waals surface area contributed by atoms with Gasteiger partial charge in [0.2, 0.25) is 5.91 Å². The summed E-state index contributed by atoms with van der Waals surface area (Å²) in [7, 11) is 0. The number of carboxylic acid groups (broad SMARTS) is 1. The molecule has 4 saturated carbocycles. The molecule has 4 fully saturated rings. The number of carboxylic acids is 1. The van der Waals surface area contributed by atoms with Crippen LogP contribution < -0.4 is 5.73 Å². The number of carbonyl (C=O) groups excluding carboxylic acids is 1. The third kappa shape index (κ3) is 3.73. The Labute approximate surface area is 202 Å². The first kappa shape index (κ1) is 25.6. The number of rotatable bonds is 6. The third-order valence-corrected chi connectivity index (χ3v) is 11.2. The van der Waals surface area contributed by atoms with Crippen LogP contribution >= 0.6 is 0 Å². The Bertz CT molecular complexity index is 845. The molecule has 0 aromatic rings. The van der Waals surface area contributed by atoms with Crippen LogP contribution in [0.3, 0.4) is 0 Å². The van der Waals surface area contributed by atoms with E-state index in [1.165, 1.54) is 0 Å². The van der Waals surface area contributed by atoms with Gasteiger partial charge in [0.05, 0.1) is 18.3 Å². The van der Waals surface area contributed by atoms with Crippen LogP contribution in [0.15, 0.2) is 12.2 Å². The zero-order chi connectivity index (χ0) is 25.2. The van der Waals surface area contributed by atoms with Crippen molar-refractivity contribution in [2.75, 3.05) is 0 Å². The van der Waals surface area contributed by atoms with E-state index in [0.717, 1.165) is 12.8 Å². The number of hydrogen-bond acceptors (Lipinski definition) is 5. The zero-order valence-corrected chi connectivity index (χ0v) is 20.8. The molecule has 0 radical (unpaired) electrons. The third-order valence-electron chi connectivity index (χ3n) is 11.2. The van der Waals surface area contributed by atoms with Crippen molar-refractivity contribution in [3.05, 3.63) is 12.2 Å². The Morgan fingerprint density at radius 1 is 1.03 bits per heavy atom. The van der Waals surface area contributed by atoms with Gasteiger partial charge in [0.1, 0.15) is 0 Å². The summed E-state index contributed by atoms with van der Waals surface area (Å²) in [6.07, 6.45) is 2.98. The number of aliphatic carboxylic acids is 1. The Hall–Kier alpha value is -1.44. The van der Waals surface area contributed by atoms with E-state index in [9.17, 15) is 24.9 Å². The van der Waals surface area contributed by atoms with Crippen LogP contribution in [0.4, 0.5) is 0 Å². The molecule has 0 bridgehead atoms. The van der Waals surface area contributed by atoms with E-state index >= 15 is 0 Å². The molecule has 0 heterocycles. The van der Waals surface area contributed by atoms with Crippen LogP contribution in [0.5, 0.6) is 0 Å². The normalized spacial score (nSPS) is 48.8. The number of hydrogen-bond donors (Lipinski definition) is 5. The van der Waals surface area contributed by atoms with Gasteiger partial charge >= 0.3 is 5.97 Å². The molecule has 0 aliphatic heterocycles. The first-order valence-electron chi connectivity index (χ1n) is 13.1. The predicted molar refractivity (Wildman–Crippen MR) is 127 cm³/mol. The molecule has 1 amide bonds. The highest BCUT2D eigenvalue weighted by Gasteiger charge is 2.67. The van der Waals surface area contributed by atoms with Gasteiger partial charge in [-0.3, -0.25) is 9.59 Å². The molecule has 4 rings (SSSR count). The lowest BCUT2D eigenvalue weighted by Gasteiger charge is -2.65. The summed E-state index contributed by atoms with van der Waals surface area (Å²) in [6.45, 7) is 10.4. The molecule has 0 aromatic carbocycles. The van der Waals surface area contributed by atoms with Crippen molar-refractivity contribution >= 4 is 11.9 Å². The maximum atomic E-state index is 12.2. The van der Waals surface area contributed by atoms with Crippen molar-refractivity contribution < 1.29 is 30.0 Å². The van der Waals surface area contributed by atoms with Gasteiger partial charge in [-0.2, -0.15) is 0 Å². The molecule has 0 aromatic heterocycles. The van der Waals surface area contributed by atoms with Crippen LogP contribution in [0, 0.1) is 52.3 Å². The molecular formula is C27H43NO6. The zero-order valence-electron chi connectivity index (χ0n) is 20.8. The van der Waals surface area contributed by atoms with Crippen molar-refractivity contribution in [2.45, 2.75) is 90.4 Å². The number of aliphatic hydroxyl groups excluding tert-OH is 3. The van der Waals surface area contributed by atoms with Gasteiger partial charge in [0, 0.05) is 12.0 Å². The Balaban J connectivity index is 1.69. The van der Waals surface area contributed by atoms with Gasteiger partial charge in [-0.1, -0.05) is 27.4 Å². The molecule has 0 spiro atoms. The minimum Gasteiger partial charge on any atom is -0.481 e. The highest BCUT2D eigenvalue weighted by molar-refractivity contribution is 5.92. The fourth-order valence-electron chi connectivity index (χ4n) is 9.48. The monoisotopic (exact) mass is 477 g/mol. The van der Waals surface area contributed by atoms with E-state index in [-0.39, 0.29) is 58.7 Å². The number of primary amides is 1. The van der Waals surface area contributed by atoms with Crippen LogP contribution in [0.1, 0.15) is 72.1 Å². The van der Waals surface area contributed by atoms with Gasteiger partial charge in [-0.15, -0.1) is 0 Å². The number of aliphatic hydroxyl groups is 3. The second kappa shape index (κ2) is 8.90. The van der Waals surface area contributed by atoms with Gasteiger partial charge < -0.3 is 26.2 Å². The minimum absolute atomic E-state index is 0.00370. The fourth-order valence-corrected chi connectivity index (χ4v) is 9.48. The van der Waals surface area contributed by atoms with Crippen molar-refractivity contribution in [3.8, 4) is 0 Å². The lowest BCUT2D eigenvalue weighted by molar-refractivity contribution is -0.218. The lowest BCUT2D eigenvalue weighted by atomic mass is 9.40. The lowest BCUT2D eigenvalue weighted by Crippen LogP contribution is -2.64. The first-order valence-corrected chi connectivity index (χ1v) is 13.1. The summed E-state index contributed by atoms with van der Waals surface area (Å²) in [5.74, 6) is -1.10. The summed E-state index contributed by atoms with van der Waals surface area (Å²) in [5, 5.41) is 42.9. The average Bonchev–Trinajstić information content (AvgIpc) is 3.11. The molecule has 192 valence electrons. The van der Waals surface area contributed by atoms with Gasteiger partial charge in [0.25, 0.3) is 0 Å². The largest absolute Gasteiger partial charge is 0.481 e. The number of carbonyl (C=O) groups is 2. The first-order chi connectivity index (χ1) is 15.8. The molecule has 34 heavy (non-hydrogen) atoms. The highest BCUT2D eigenvalue weighted by Crippen LogP contribution is 2.69. The molecule has 4 aliphatic rings. The van der Waals surface area contributed by atoms with E-state index in [0.29, 0.717) is 37.7 Å². The molecule has 4 aliphatic carbocycles. The van der Waals surface area contributed by atoms with Crippen molar-refractivity contribution in [3.63, 3.8) is 0 Å². The summed E-state index contributed by atoms with van der Waals surface area (Å²) < 4.78 is 0. The average molecular weight is 478 g/mol. The standard InChI is InChI=1S/C27H43NO6/c1-13(5-8-23(32)33)17-6-7-18-24-20(12-22(31)27(17,18)4)26(3)15(10-21(24)30)9-16(29)11-19(26)14(2)25(28)34/h13,15-22,24,29-31H,2,5-12H2,1,3-4H3,(H2,28,34)(H,32,33). The van der Waals surface area contributed by atoms with E-state index in [2.05, 4.69) is 27.4 Å². The molecule has 7 nitrogen and oxygen atoms in total. The predicted octanol–water partition coefficient (Wildman–Crippen LogP) is 2.72. The topological polar surface area (TPSA) is 141 Å². The van der Waals surface area contributed by atoms with Crippen LogP contribution in [-0.2, 0) is 9.59 Å². The summed E-state index contributed by atoms with van der Waals surface area (Å²) >= 11 is 0. The Kier molecular flexibility index (Phi) is 6.71. The second-order valence-corrected chi connectivity index (χ2v) is 12.4. The Morgan fingerprint density at radius 3 is 2.32 bits per heavy atom. The van der Waals surface area contributed by atoms with Gasteiger partial charge in [0.15, 0.2) is 0 Å². The smallest absolute Gasteiger partial charge is 0.303 e. The number of nitrogens with two attached hydrogens (primary N) is 1. The summed E-state index contributed by atoms with van der Waals surface area (Å²) in [6, 6.07) is 0. The van der Waals surface area contributed by atoms with Crippen LogP contribution in [0.25, 0.3) is 0 Å². The molecule has 6 N–H and O–H groups in total. The maximum absolute atomic E-state index is 12.2. The van der Waals surface area contributed by atoms with E-state index < -0.39 is 30.2 Å². The SMILES string of the molecule is C=C(C(N)=O)C1CC(O)CC2CC(O)C3C(CC(O)C4(C)C(C(C)CCC(=O)O)CCC34)C21C. The van der Waals surface area contributed by atoms with Crippen molar-refractivity contribution in [2.24, 2.45) is 58.0 Å². The fraction of sp³-hybridized carbons (Fsp3) is 0.852. The van der Waals surface area contributed by atoms with Crippen LogP contribution in [0.2, 0.25) is 0 Å². The minimum atomic E-state index is -0.794. The maximum Gasteiger partial charge on any atom is 0.303 e. The molecule has 12 atom stereocenters. The quantitative estimate of drug-likeness (QED) is 0.373. The molecule has 0 saturated heterocycles. The van der Waals surface area contributed by atoms with Gasteiger partial charge in [-0.25, -0.2) is 0 Å². The molecular weight excluding hydrogens is 434 g/mol. The van der Waals surface area contributed by atoms with Gasteiger partial charge in [-0.05, 0) is 97.2 Å². The number of fused-ring (bicyclic) bond motifs is 5. The van der Waals surface area contributed by atoms with Crippen LogP contribution in [-0.4, -0.2) is 50.6 Å². The second-order valence-electron chi connectivity index (χ2n) is 12.4. The van der Waals surface area contributed by atoms with Crippen molar-refractivity contribution in [1.82, 2.24) is 0 Å². The highest BCUT2D eigenvalue weighted by atomic mass is 16.4. The van der Waals surface area contributed by atoms with E-state index in [4.69, 9.17) is 10.8 Å².